The number of nitrogens with zero attached hydrogens (tertiary/aromatic N) is 3. The number of methoxy groups -OCH3 is 3. The number of hydrogen-bond acceptors (Lipinski definition) is 7. The van der Waals surface area contributed by atoms with Crippen molar-refractivity contribution >= 4 is 18.4 Å². The summed E-state index contributed by atoms with van der Waals surface area (Å²) in [4.78, 5) is 0. The van der Waals surface area contributed by atoms with Gasteiger partial charge < -0.3 is 18.9 Å². The lowest BCUT2D eigenvalue weighted by Crippen LogP contribution is -2.05. The van der Waals surface area contributed by atoms with Gasteiger partial charge in [0.1, 0.15) is 6.10 Å². The van der Waals surface area contributed by atoms with E-state index >= 15 is 0 Å². The zero-order chi connectivity index (χ0) is 17.8. The van der Waals surface area contributed by atoms with Gasteiger partial charge in [-0.15, -0.1) is 0 Å². The van der Waals surface area contributed by atoms with Gasteiger partial charge in [-0.2, -0.15) is 14.9 Å². The fourth-order valence-corrected chi connectivity index (χ4v) is 2.89. The maximum absolute atomic E-state index is 5.67. The Balaban J connectivity index is 1.95. The van der Waals surface area contributed by atoms with Gasteiger partial charge in [-0.1, -0.05) is 0 Å². The Bertz CT molecular complexity index is 799. The first-order valence-corrected chi connectivity index (χ1v) is 8.22. The summed E-state index contributed by atoms with van der Waals surface area (Å²) in [5.74, 6) is 2.31. The summed E-state index contributed by atoms with van der Waals surface area (Å²) in [6.07, 6.45) is 3.47. The zero-order valence-electron chi connectivity index (χ0n) is 14.3. The number of aromatic nitrogens is 3. The van der Waals surface area contributed by atoms with Crippen LogP contribution >= 0.6 is 12.2 Å². The van der Waals surface area contributed by atoms with Crippen LogP contribution in [0.4, 0.5) is 0 Å². The number of H-pyrrole nitrogens is 1. The molecular weight excluding hydrogens is 344 g/mol. The number of ether oxygens (including phenoxy) is 4. The van der Waals surface area contributed by atoms with Gasteiger partial charge in [0, 0.05) is 12.2 Å². The number of benzene rings is 1. The van der Waals surface area contributed by atoms with Crippen molar-refractivity contribution in [2.24, 2.45) is 5.10 Å². The normalized spacial score (nSPS) is 17.2. The molecule has 134 valence electrons. The first kappa shape index (κ1) is 17.4. The largest absolute Gasteiger partial charge is 0.493 e. The highest BCUT2D eigenvalue weighted by molar-refractivity contribution is 7.71. The highest BCUT2D eigenvalue weighted by Crippen LogP contribution is 2.37. The Morgan fingerprint density at radius 3 is 2.56 bits per heavy atom. The number of nitrogens with one attached hydrogen (secondary N) is 1. The fourth-order valence-electron chi connectivity index (χ4n) is 2.71. The summed E-state index contributed by atoms with van der Waals surface area (Å²) < 4.78 is 23.7. The van der Waals surface area contributed by atoms with E-state index in [1.807, 2.05) is 0 Å². The standard InChI is InChI=1S/C16H20N4O4S/c1-21-12-7-10(8-13(22-2)14(12)23-3)9-17-20-15(18-19-16(20)25)11-5-4-6-24-11/h7-9,11H,4-6H2,1-3H3,(H,19,25)/b17-9-. The summed E-state index contributed by atoms with van der Waals surface area (Å²) in [6.45, 7) is 0.723. The van der Waals surface area contributed by atoms with Crippen LogP contribution in [-0.2, 0) is 4.74 Å². The van der Waals surface area contributed by atoms with E-state index in [4.69, 9.17) is 31.2 Å². The minimum Gasteiger partial charge on any atom is -0.493 e. The SMILES string of the molecule is COc1cc(/C=N\n2c(C3CCCO3)n[nH]c2=S)cc(OC)c1OC. The van der Waals surface area contributed by atoms with E-state index in [1.54, 1.807) is 44.4 Å². The lowest BCUT2D eigenvalue weighted by molar-refractivity contribution is 0.102. The average molecular weight is 364 g/mol. The summed E-state index contributed by atoms with van der Waals surface area (Å²) in [5.41, 5.74) is 0.774. The summed E-state index contributed by atoms with van der Waals surface area (Å²) in [7, 11) is 4.70. The molecule has 9 heteroatoms. The maximum Gasteiger partial charge on any atom is 0.216 e. The molecular formula is C16H20N4O4S. The quantitative estimate of drug-likeness (QED) is 0.627. The topological polar surface area (TPSA) is 82.9 Å². The van der Waals surface area contributed by atoms with Crippen LogP contribution in [0.25, 0.3) is 0 Å². The Hall–Kier alpha value is -2.39. The highest BCUT2D eigenvalue weighted by atomic mass is 32.1. The molecule has 1 aromatic heterocycles. The van der Waals surface area contributed by atoms with Crippen LogP contribution in [0.1, 0.15) is 30.3 Å². The van der Waals surface area contributed by atoms with Gasteiger partial charge >= 0.3 is 0 Å². The van der Waals surface area contributed by atoms with Crippen molar-refractivity contribution in [2.45, 2.75) is 18.9 Å². The third kappa shape index (κ3) is 3.52. The second-order valence-corrected chi connectivity index (χ2v) is 5.79. The first-order chi connectivity index (χ1) is 12.2. The molecule has 2 aromatic rings. The van der Waals surface area contributed by atoms with Gasteiger partial charge in [-0.05, 0) is 37.2 Å². The average Bonchev–Trinajstić information content (AvgIpc) is 3.28. The Labute approximate surface area is 150 Å². The molecule has 0 bridgehead atoms. The van der Waals surface area contributed by atoms with Gasteiger partial charge in [0.25, 0.3) is 0 Å². The van der Waals surface area contributed by atoms with E-state index in [0.29, 0.717) is 27.8 Å². The third-order valence-corrected chi connectivity index (χ3v) is 4.17. The second-order valence-electron chi connectivity index (χ2n) is 5.40. The monoisotopic (exact) mass is 364 g/mol. The molecule has 1 unspecified atom stereocenters. The summed E-state index contributed by atoms with van der Waals surface area (Å²) in [5, 5.41) is 11.5. The Kier molecular flexibility index (Phi) is 5.34. The number of rotatable bonds is 6. The van der Waals surface area contributed by atoms with Gasteiger partial charge in [-0.25, -0.2) is 0 Å². The molecule has 1 saturated heterocycles. The van der Waals surface area contributed by atoms with E-state index in [2.05, 4.69) is 15.3 Å². The van der Waals surface area contributed by atoms with Gasteiger partial charge in [0.15, 0.2) is 17.3 Å². The lowest BCUT2D eigenvalue weighted by Gasteiger charge is -2.12. The van der Waals surface area contributed by atoms with Crippen molar-refractivity contribution in [3.8, 4) is 17.2 Å². The van der Waals surface area contributed by atoms with Crippen LogP contribution < -0.4 is 14.2 Å². The molecule has 1 atom stereocenters. The molecule has 1 aromatic carbocycles. The number of aromatic amines is 1. The smallest absolute Gasteiger partial charge is 0.216 e. The predicted octanol–water partition coefficient (Wildman–Crippen LogP) is 2.70. The molecule has 3 rings (SSSR count). The van der Waals surface area contributed by atoms with Crippen molar-refractivity contribution in [1.82, 2.24) is 14.9 Å². The fraction of sp³-hybridized carbons (Fsp3) is 0.438. The summed E-state index contributed by atoms with van der Waals surface area (Å²) in [6, 6.07) is 3.61. The molecule has 0 radical (unpaired) electrons. The molecule has 1 aliphatic rings. The van der Waals surface area contributed by atoms with E-state index in [1.165, 1.54) is 0 Å². The number of hydrogen-bond donors (Lipinski definition) is 1. The van der Waals surface area contributed by atoms with E-state index < -0.39 is 0 Å². The van der Waals surface area contributed by atoms with Crippen molar-refractivity contribution in [2.75, 3.05) is 27.9 Å². The third-order valence-electron chi connectivity index (χ3n) is 3.90. The van der Waals surface area contributed by atoms with E-state index in [-0.39, 0.29) is 6.10 Å². The van der Waals surface area contributed by atoms with Crippen molar-refractivity contribution < 1.29 is 18.9 Å². The molecule has 25 heavy (non-hydrogen) atoms. The highest BCUT2D eigenvalue weighted by Gasteiger charge is 2.23. The minimum atomic E-state index is -0.0926. The summed E-state index contributed by atoms with van der Waals surface area (Å²) >= 11 is 5.27. The Morgan fingerprint density at radius 2 is 2.00 bits per heavy atom. The van der Waals surface area contributed by atoms with Crippen LogP contribution in [0.3, 0.4) is 0 Å². The lowest BCUT2D eigenvalue weighted by atomic mass is 10.2. The maximum atomic E-state index is 5.67. The molecule has 1 N–H and O–H groups in total. The van der Waals surface area contributed by atoms with Crippen LogP contribution in [0.5, 0.6) is 17.2 Å². The molecule has 0 amide bonds. The molecule has 2 heterocycles. The first-order valence-electron chi connectivity index (χ1n) is 7.81. The molecule has 0 aliphatic carbocycles. The van der Waals surface area contributed by atoms with Crippen LogP contribution in [0.2, 0.25) is 0 Å². The molecule has 8 nitrogen and oxygen atoms in total. The van der Waals surface area contributed by atoms with Crippen LogP contribution in [0.15, 0.2) is 17.2 Å². The van der Waals surface area contributed by atoms with Gasteiger partial charge in [0.2, 0.25) is 10.5 Å². The molecule has 1 aliphatic heterocycles. The second kappa shape index (κ2) is 7.66. The van der Waals surface area contributed by atoms with Crippen molar-refractivity contribution in [3.05, 3.63) is 28.3 Å². The minimum absolute atomic E-state index is 0.0926. The van der Waals surface area contributed by atoms with Gasteiger partial charge in [-0.3, -0.25) is 5.10 Å². The zero-order valence-corrected chi connectivity index (χ0v) is 15.1. The van der Waals surface area contributed by atoms with Crippen molar-refractivity contribution in [1.29, 1.82) is 0 Å². The van der Waals surface area contributed by atoms with Crippen LogP contribution in [0, 0.1) is 4.77 Å². The van der Waals surface area contributed by atoms with E-state index in [9.17, 15) is 0 Å². The Morgan fingerprint density at radius 1 is 1.28 bits per heavy atom. The molecule has 1 fully saturated rings. The predicted molar refractivity (Wildman–Crippen MR) is 94.4 cm³/mol. The van der Waals surface area contributed by atoms with E-state index in [0.717, 1.165) is 25.0 Å². The molecule has 0 saturated carbocycles. The van der Waals surface area contributed by atoms with Gasteiger partial charge in [0.05, 0.1) is 27.5 Å². The molecule has 0 spiro atoms. The van der Waals surface area contributed by atoms with Crippen LogP contribution in [-0.4, -0.2) is 49.0 Å². The van der Waals surface area contributed by atoms with Crippen molar-refractivity contribution in [3.63, 3.8) is 0 Å².